The maximum Gasteiger partial charge on any atom is 0.219 e. The molecule has 16 heavy (non-hydrogen) atoms. The van der Waals surface area contributed by atoms with Crippen molar-refractivity contribution in [1.29, 1.82) is 0 Å². The van der Waals surface area contributed by atoms with Crippen LogP contribution >= 0.6 is 11.3 Å². The molecule has 0 aliphatic rings. The number of aliphatic hydroxyl groups is 1. The zero-order valence-corrected chi connectivity index (χ0v) is 9.99. The van der Waals surface area contributed by atoms with Gasteiger partial charge in [-0.3, -0.25) is 0 Å². The van der Waals surface area contributed by atoms with Crippen LogP contribution in [0.15, 0.2) is 30.5 Å². The lowest BCUT2D eigenvalue weighted by molar-refractivity contribution is 0.217. The Morgan fingerprint density at radius 1 is 1.38 bits per heavy atom. The van der Waals surface area contributed by atoms with Crippen LogP contribution in [-0.2, 0) is 0 Å². The van der Waals surface area contributed by atoms with Gasteiger partial charge in [-0.05, 0) is 31.2 Å². The summed E-state index contributed by atoms with van der Waals surface area (Å²) in [5, 5.41) is 10.2. The number of aryl methyl sites for hydroxylation is 1. The van der Waals surface area contributed by atoms with Gasteiger partial charge in [0.1, 0.15) is 6.10 Å². The van der Waals surface area contributed by atoms with E-state index in [0.29, 0.717) is 11.4 Å². The zero-order valence-electron chi connectivity index (χ0n) is 9.18. The van der Waals surface area contributed by atoms with E-state index in [1.54, 1.807) is 30.7 Å². The monoisotopic (exact) mass is 235 g/mol. The molecule has 1 atom stereocenters. The Morgan fingerprint density at radius 2 is 2.19 bits per heavy atom. The van der Waals surface area contributed by atoms with Crippen molar-refractivity contribution in [2.24, 2.45) is 0 Å². The number of rotatable bonds is 3. The molecule has 0 aromatic carbocycles. The first-order chi connectivity index (χ1) is 7.72. The van der Waals surface area contributed by atoms with Gasteiger partial charge in [0.25, 0.3) is 0 Å². The molecule has 2 rings (SSSR count). The third kappa shape index (κ3) is 2.08. The van der Waals surface area contributed by atoms with Crippen molar-refractivity contribution in [1.82, 2.24) is 4.98 Å². The number of hydrogen-bond donors (Lipinski definition) is 1. The van der Waals surface area contributed by atoms with Crippen molar-refractivity contribution in [3.8, 4) is 5.88 Å². The molecular formula is C12H13NO2S. The van der Waals surface area contributed by atoms with E-state index in [1.807, 2.05) is 25.1 Å². The number of nitrogens with zero attached hydrogens (tertiary/aromatic N) is 1. The molecule has 0 fully saturated rings. The fraction of sp³-hybridized carbons (Fsp3) is 0.250. The summed E-state index contributed by atoms with van der Waals surface area (Å²) in [7, 11) is 1.55. The average Bonchev–Trinajstić information content (AvgIpc) is 2.75. The smallest absolute Gasteiger partial charge is 0.219 e. The molecule has 0 radical (unpaired) electrons. The van der Waals surface area contributed by atoms with Crippen molar-refractivity contribution >= 4 is 11.3 Å². The lowest BCUT2D eigenvalue weighted by atomic mass is 10.1. The number of hydrogen-bond acceptors (Lipinski definition) is 4. The first-order valence-electron chi connectivity index (χ1n) is 4.95. The SMILES string of the molecule is COc1ncccc1C(O)c1ccc(C)s1. The van der Waals surface area contributed by atoms with Crippen LogP contribution < -0.4 is 4.74 Å². The molecule has 1 N–H and O–H groups in total. The molecule has 2 heterocycles. The van der Waals surface area contributed by atoms with Crippen LogP contribution in [0, 0.1) is 6.92 Å². The van der Waals surface area contributed by atoms with Crippen LogP contribution in [0.2, 0.25) is 0 Å². The molecule has 84 valence electrons. The Kier molecular flexibility index (Phi) is 3.22. The fourth-order valence-electron chi connectivity index (χ4n) is 1.54. The molecule has 1 unspecified atom stereocenters. The standard InChI is InChI=1S/C12H13NO2S/c1-8-5-6-10(16-8)11(14)9-4-3-7-13-12(9)15-2/h3-7,11,14H,1-2H3. The van der Waals surface area contributed by atoms with E-state index in [9.17, 15) is 5.11 Å². The second-order valence-electron chi connectivity index (χ2n) is 3.45. The molecular weight excluding hydrogens is 222 g/mol. The molecule has 4 heteroatoms. The van der Waals surface area contributed by atoms with E-state index in [0.717, 1.165) is 4.88 Å². The molecule has 0 amide bonds. The fourth-order valence-corrected chi connectivity index (χ4v) is 2.42. The summed E-state index contributed by atoms with van der Waals surface area (Å²) in [5.74, 6) is 0.473. The van der Waals surface area contributed by atoms with Crippen molar-refractivity contribution in [3.05, 3.63) is 45.8 Å². The van der Waals surface area contributed by atoms with E-state index >= 15 is 0 Å². The topological polar surface area (TPSA) is 42.4 Å². The molecule has 0 saturated heterocycles. The number of ether oxygens (including phenoxy) is 1. The van der Waals surface area contributed by atoms with Gasteiger partial charge in [0, 0.05) is 21.5 Å². The summed E-state index contributed by atoms with van der Waals surface area (Å²) in [6.45, 7) is 2.02. The van der Waals surface area contributed by atoms with Crippen LogP contribution in [0.5, 0.6) is 5.88 Å². The molecule has 0 aliphatic heterocycles. The minimum absolute atomic E-state index is 0.473. The summed E-state index contributed by atoms with van der Waals surface area (Å²) < 4.78 is 5.13. The third-order valence-corrected chi connectivity index (χ3v) is 3.37. The van der Waals surface area contributed by atoms with Gasteiger partial charge in [0.15, 0.2) is 0 Å². The van der Waals surface area contributed by atoms with Gasteiger partial charge in [0.05, 0.1) is 7.11 Å². The van der Waals surface area contributed by atoms with Crippen LogP contribution in [-0.4, -0.2) is 17.2 Å². The van der Waals surface area contributed by atoms with Crippen LogP contribution in [0.1, 0.15) is 21.4 Å². The lowest BCUT2D eigenvalue weighted by Crippen LogP contribution is -2.01. The Labute approximate surface area is 98.4 Å². The van der Waals surface area contributed by atoms with Gasteiger partial charge in [-0.15, -0.1) is 11.3 Å². The van der Waals surface area contributed by atoms with E-state index in [1.165, 1.54) is 4.88 Å². The van der Waals surface area contributed by atoms with Crippen molar-refractivity contribution < 1.29 is 9.84 Å². The normalized spacial score (nSPS) is 12.4. The highest BCUT2D eigenvalue weighted by Crippen LogP contribution is 2.31. The summed E-state index contributed by atoms with van der Waals surface area (Å²) in [6, 6.07) is 7.54. The summed E-state index contributed by atoms with van der Waals surface area (Å²) >= 11 is 1.58. The largest absolute Gasteiger partial charge is 0.481 e. The molecule has 2 aromatic rings. The molecule has 2 aromatic heterocycles. The molecule has 3 nitrogen and oxygen atoms in total. The number of aromatic nitrogens is 1. The quantitative estimate of drug-likeness (QED) is 0.889. The van der Waals surface area contributed by atoms with Crippen LogP contribution in [0.25, 0.3) is 0 Å². The van der Waals surface area contributed by atoms with Gasteiger partial charge in [-0.1, -0.05) is 0 Å². The van der Waals surface area contributed by atoms with Crippen molar-refractivity contribution in [3.63, 3.8) is 0 Å². The molecule has 0 spiro atoms. The Bertz CT molecular complexity index is 481. The van der Waals surface area contributed by atoms with Gasteiger partial charge in [-0.2, -0.15) is 0 Å². The zero-order chi connectivity index (χ0) is 11.5. The maximum atomic E-state index is 10.2. The van der Waals surface area contributed by atoms with Gasteiger partial charge in [-0.25, -0.2) is 4.98 Å². The van der Waals surface area contributed by atoms with E-state index in [4.69, 9.17) is 4.74 Å². The number of aliphatic hydroxyl groups excluding tert-OH is 1. The number of pyridine rings is 1. The predicted octanol–water partition coefficient (Wildman–Crippen LogP) is 2.54. The molecule has 0 saturated carbocycles. The van der Waals surface area contributed by atoms with Gasteiger partial charge >= 0.3 is 0 Å². The van der Waals surface area contributed by atoms with Gasteiger partial charge < -0.3 is 9.84 Å². The second-order valence-corrected chi connectivity index (χ2v) is 4.77. The minimum Gasteiger partial charge on any atom is -0.481 e. The predicted molar refractivity (Wildman–Crippen MR) is 63.9 cm³/mol. The minimum atomic E-state index is -0.664. The van der Waals surface area contributed by atoms with Crippen molar-refractivity contribution in [2.75, 3.05) is 7.11 Å². The Hall–Kier alpha value is -1.39. The second kappa shape index (κ2) is 4.63. The highest BCUT2D eigenvalue weighted by molar-refractivity contribution is 7.12. The van der Waals surface area contributed by atoms with E-state index < -0.39 is 6.10 Å². The van der Waals surface area contributed by atoms with Crippen molar-refractivity contribution in [2.45, 2.75) is 13.0 Å². The Morgan fingerprint density at radius 3 is 2.81 bits per heavy atom. The Balaban J connectivity index is 2.36. The highest BCUT2D eigenvalue weighted by Gasteiger charge is 2.17. The first-order valence-corrected chi connectivity index (χ1v) is 5.77. The van der Waals surface area contributed by atoms with E-state index in [-0.39, 0.29) is 0 Å². The highest BCUT2D eigenvalue weighted by atomic mass is 32.1. The third-order valence-electron chi connectivity index (χ3n) is 2.32. The van der Waals surface area contributed by atoms with Crippen LogP contribution in [0.3, 0.4) is 0 Å². The summed E-state index contributed by atoms with van der Waals surface area (Å²) in [5.41, 5.74) is 0.701. The number of thiophene rings is 1. The average molecular weight is 235 g/mol. The lowest BCUT2D eigenvalue weighted by Gasteiger charge is -2.11. The van der Waals surface area contributed by atoms with E-state index in [2.05, 4.69) is 4.98 Å². The first kappa shape index (κ1) is 11.1. The van der Waals surface area contributed by atoms with Gasteiger partial charge in [0.2, 0.25) is 5.88 Å². The summed E-state index contributed by atoms with van der Waals surface area (Å²) in [4.78, 5) is 6.16. The molecule has 0 bridgehead atoms. The number of methoxy groups -OCH3 is 1. The maximum absolute atomic E-state index is 10.2. The molecule has 0 aliphatic carbocycles. The van der Waals surface area contributed by atoms with Crippen LogP contribution in [0.4, 0.5) is 0 Å². The summed E-state index contributed by atoms with van der Waals surface area (Å²) in [6.07, 6.45) is 0.983.